The molecule has 3 aliphatic rings. The molecule has 1 spiro atoms. The zero-order valence-electron chi connectivity index (χ0n) is 13.7. The van der Waals surface area contributed by atoms with Crippen LogP contribution >= 0.6 is 11.8 Å². The molecule has 1 amide bonds. The molecule has 1 atom stereocenters. The zero-order chi connectivity index (χ0) is 15.9. The first-order chi connectivity index (χ1) is 11.2. The molecule has 0 bridgehead atoms. The van der Waals surface area contributed by atoms with Gasteiger partial charge in [-0.25, -0.2) is 4.98 Å². The number of hydrogen-bond acceptors (Lipinski definition) is 5. The molecule has 0 radical (unpaired) electrons. The molecule has 2 saturated heterocycles. The van der Waals surface area contributed by atoms with Gasteiger partial charge in [0, 0.05) is 25.0 Å². The number of carbonyl (C=O) groups is 1. The molecular weight excluding hydrogens is 310 g/mol. The van der Waals surface area contributed by atoms with Crippen molar-refractivity contribution in [1.82, 2.24) is 25.1 Å². The summed E-state index contributed by atoms with van der Waals surface area (Å²) in [6.45, 7) is 4.78. The highest BCUT2D eigenvalue weighted by Gasteiger charge is 2.45. The van der Waals surface area contributed by atoms with E-state index in [0.29, 0.717) is 12.0 Å². The third kappa shape index (κ3) is 3.02. The monoisotopic (exact) mass is 335 g/mol. The number of piperidine rings is 1. The van der Waals surface area contributed by atoms with Crippen LogP contribution in [-0.4, -0.2) is 58.8 Å². The first-order valence-corrected chi connectivity index (χ1v) is 9.51. The Morgan fingerprint density at radius 3 is 3.13 bits per heavy atom. The van der Waals surface area contributed by atoms with Crippen molar-refractivity contribution in [3.63, 3.8) is 0 Å². The maximum Gasteiger partial charge on any atom is 0.237 e. The SMILES string of the molecule is CN1CC2(CCNCC2)C[C@H]1C(=O)NCc1cn2c(n1)SCC2. The van der Waals surface area contributed by atoms with Gasteiger partial charge in [0.1, 0.15) is 0 Å². The van der Waals surface area contributed by atoms with E-state index in [9.17, 15) is 4.79 Å². The Bertz CT molecular complexity index is 574. The van der Waals surface area contributed by atoms with Crippen molar-refractivity contribution in [2.45, 2.75) is 43.6 Å². The summed E-state index contributed by atoms with van der Waals surface area (Å²) in [4.78, 5) is 19.4. The molecule has 0 saturated carbocycles. The van der Waals surface area contributed by atoms with E-state index in [2.05, 4.69) is 38.3 Å². The van der Waals surface area contributed by atoms with Gasteiger partial charge < -0.3 is 15.2 Å². The number of likely N-dealkylation sites (tertiary alicyclic amines) is 1. The molecule has 0 aliphatic carbocycles. The van der Waals surface area contributed by atoms with Gasteiger partial charge in [-0.05, 0) is 44.8 Å². The number of carbonyl (C=O) groups excluding carboxylic acids is 1. The van der Waals surface area contributed by atoms with Crippen LogP contribution < -0.4 is 10.6 Å². The third-order valence-corrected chi connectivity index (χ3v) is 6.48. The highest BCUT2D eigenvalue weighted by Crippen LogP contribution is 2.41. The van der Waals surface area contributed by atoms with Crippen LogP contribution in [-0.2, 0) is 17.9 Å². The molecule has 0 unspecified atom stereocenters. The summed E-state index contributed by atoms with van der Waals surface area (Å²) in [5, 5.41) is 7.61. The van der Waals surface area contributed by atoms with E-state index in [-0.39, 0.29) is 11.9 Å². The number of fused-ring (bicyclic) bond motifs is 1. The normalized spacial score (nSPS) is 26.6. The molecular formula is C16H25N5OS. The number of aromatic nitrogens is 2. The lowest BCUT2D eigenvalue weighted by molar-refractivity contribution is -0.125. The molecule has 1 aromatic heterocycles. The van der Waals surface area contributed by atoms with Crippen LogP contribution in [0.1, 0.15) is 25.0 Å². The van der Waals surface area contributed by atoms with Gasteiger partial charge in [-0.3, -0.25) is 9.69 Å². The summed E-state index contributed by atoms with van der Waals surface area (Å²) >= 11 is 1.79. The molecule has 2 N–H and O–H groups in total. The smallest absolute Gasteiger partial charge is 0.237 e. The van der Waals surface area contributed by atoms with Crippen molar-refractivity contribution >= 4 is 17.7 Å². The largest absolute Gasteiger partial charge is 0.349 e. The van der Waals surface area contributed by atoms with Crippen LogP contribution in [0.15, 0.2) is 11.4 Å². The number of likely N-dealkylation sites (N-methyl/N-ethyl adjacent to an activating group) is 1. The predicted molar refractivity (Wildman–Crippen MR) is 90.4 cm³/mol. The number of hydrogen-bond donors (Lipinski definition) is 2. The van der Waals surface area contributed by atoms with Gasteiger partial charge in [0.25, 0.3) is 0 Å². The van der Waals surface area contributed by atoms with E-state index >= 15 is 0 Å². The molecule has 23 heavy (non-hydrogen) atoms. The minimum atomic E-state index is 0.0111. The second-order valence-corrected chi connectivity index (χ2v) is 8.22. The Balaban J connectivity index is 1.35. The first-order valence-electron chi connectivity index (χ1n) is 8.53. The quantitative estimate of drug-likeness (QED) is 0.851. The van der Waals surface area contributed by atoms with Crippen molar-refractivity contribution in [1.29, 1.82) is 0 Å². The van der Waals surface area contributed by atoms with Gasteiger partial charge in [0.15, 0.2) is 5.16 Å². The number of nitrogens with zero attached hydrogens (tertiary/aromatic N) is 3. The lowest BCUT2D eigenvalue weighted by Gasteiger charge is -2.33. The molecule has 1 aromatic rings. The summed E-state index contributed by atoms with van der Waals surface area (Å²) in [7, 11) is 2.09. The van der Waals surface area contributed by atoms with Crippen LogP contribution in [0.3, 0.4) is 0 Å². The van der Waals surface area contributed by atoms with Gasteiger partial charge in [-0.1, -0.05) is 11.8 Å². The van der Waals surface area contributed by atoms with Gasteiger partial charge in [0.2, 0.25) is 5.91 Å². The minimum Gasteiger partial charge on any atom is -0.349 e. The Morgan fingerprint density at radius 2 is 2.35 bits per heavy atom. The summed E-state index contributed by atoms with van der Waals surface area (Å²) in [6, 6.07) is 0.0111. The van der Waals surface area contributed by atoms with Crippen LogP contribution in [0.2, 0.25) is 0 Å². The molecule has 7 heteroatoms. The van der Waals surface area contributed by atoms with E-state index in [0.717, 1.165) is 49.2 Å². The summed E-state index contributed by atoms with van der Waals surface area (Å²) in [6.07, 6.45) is 5.44. The number of amides is 1. The van der Waals surface area contributed by atoms with Crippen molar-refractivity contribution in [2.75, 3.05) is 32.4 Å². The lowest BCUT2D eigenvalue weighted by atomic mass is 9.77. The second kappa shape index (κ2) is 6.11. The van der Waals surface area contributed by atoms with Crippen LogP contribution in [0.25, 0.3) is 0 Å². The predicted octanol–water partition coefficient (Wildman–Crippen LogP) is 0.679. The fraction of sp³-hybridized carbons (Fsp3) is 0.750. The third-order valence-electron chi connectivity index (χ3n) is 5.51. The Morgan fingerprint density at radius 1 is 1.52 bits per heavy atom. The van der Waals surface area contributed by atoms with Gasteiger partial charge in [-0.2, -0.15) is 0 Å². The average Bonchev–Trinajstić information content (AvgIpc) is 3.19. The van der Waals surface area contributed by atoms with Crippen LogP contribution in [0, 0.1) is 5.41 Å². The van der Waals surface area contributed by atoms with Crippen LogP contribution in [0.5, 0.6) is 0 Å². The Labute approximate surface area is 141 Å². The minimum absolute atomic E-state index is 0.0111. The molecule has 4 rings (SSSR count). The molecule has 4 heterocycles. The summed E-state index contributed by atoms with van der Waals surface area (Å²) in [5.41, 5.74) is 1.31. The molecule has 6 nitrogen and oxygen atoms in total. The molecule has 0 aromatic carbocycles. The maximum absolute atomic E-state index is 12.6. The number of nitrogens with one attached hydrogen (secondary N) is 2. The van der Waals surface area contributed by atoms with E-state index in [4.69, 9.17) is 0 Å². The van der Waals surface area contributed by atoms with Crippen molar-refractivity contribution in [3.05, 3.63) is 11.9 Å². The highest BCUT2D eigenvalue weighted by molar-refractivity contribution is 7.99. The fourth-order valence-electron chi connectivity index (χ4n) is 4.22. The molecule has 3 aliphatic heterocycles. The summed E-state index contributed by atoms with van der Waals surface area (Å²) < 4.78 is 2.18. The topological polar surface area (TPSA) is 62.2 Å². The fourth-order valence-corrected chi connectivity index (χ4v) is 5.19. The highest BCUT2D eigenvalue weighted by atomic mass is 32.2. The van der Waals surface area contributed by atoms with Gasteiger partial charge >= 0.3 is 0 Å². The zero-order valence-corrected chi connectivity index (χ0v) is 14.5. The van der Waals surface area contributed by atoms with E-state index in [1.807, 2.05) is 0 Å². The van der Waals surface area contributed by atoms with Gasteiger partial charge in [-0.15, -0.1) is 0 Å². The van der Waals surface area contributed by atoms with Crippen LogP contribution in [0.4, 0.5) is 0 Å². The van der Waals surface area contributed by atoms with E-state index < -0.39 is 0 Å². The standard InChI is InChI=1S/C16H25N5OS/c1-20-11-16(2-4-17-5-3-16)8-13(20)14(22)18-9-12-10-21-6-7-23-15(21)19-12/h10,13,17H,2-9,11H2,1H3,(H,18,22)/t13-/m0/s1. The first kappa shape index (κ1) is 15.5. The number of thioether (sulfide) groups is 1. The Hall–Kier alpha value is -1.05. The number of imidazole rings is 1. The van der Waals surface area contributed by atoms with E-state index in [1.54, 1.807) is 11.8 Å². The van der Waals surface area contributed by atoms with Crippen molar-refractivity contribution in [2.24, 2.45) is 5.41 Å². The lowest BCUT2D eigenvalue weighted by Crippen LogP contribution is -2.41. The van der Waals surface area contributed by atoms with E-state index in [1.165, 1.54) is 12.8 Å². The van der Waals surface area contributed by atoms with Crippen molar-refractivity contribution in [3.8, 4) is 0 Å². The van der Waals surface area contributed by atoms with Gasteiger partial charge in [0.05, 0.1) is 18.3 Å². The maximum atomic E-state index is 12.6. The second-order valence-electron chi connectivity index (χ2n) is 7.16. The summed E-state index contributed by atoms with van der Waals surface area (Å²) in [5.74, 6) is 1.27. The molecule has 2 fully saturated rings. The number of rotatable bonds is 3. The average molecular weight is 335 g/mol. The Kier molecular flexibility index (Phi) is 4.11. The van der Waals surface area contributed by atoms with Crippen molar-refractivity contribution < 1.29 is 4.79 Å². The number of aryl methyl sites for hydroxylation is 1. The molecule has 126 valence electrons.